The Morgan fingerprint density at radius 2 is 1.71 bits per heavy atom. The number of aromatic hydroxyl groups is 1. The molecule has 8 nitrogen and oxygen atoms in total. The molecular formula is C24H18F3N3O5. The minimum absolute atomic E-state index is 0.00533. The van der Waals surface area contributed by atoms with Gasteiger partial charge in [-0.15, -0.1) is 13.2 Å². The zero-order valence-corrected chi connectivity index (χ0v) is 18.2. The summed E-state index contributed by atoms with van der Waals surface area (Å²) in [6, 6.07) is 16.0. The van der Waals surface area contributed by atoms with Crippen molar-refractivity contribution >= 4 is 5.97 Å². The van der Waals surface area contributed by atoms with E-state index in [2.05, 4.69) is 9.72 Å². The second kappa shape index (κ2) is 9.37. The van der Waals surface area contributed by atoms with Crippen LogP contribution in [0.25, 0.3) is 5.69 Å². The number of rotatable bonds is 6. The Hall–Kier alpha value is -4.54. The molecule has 0 bridgehead atoms. The minimum Gasteiger partial charge on any atom is -0.493 e. The zero-order valence-electron chi connectivity index (χ0n) is 18.2. The first-order chi connectivity index (χ1) is 16.6. The zero-order chi connectivity index (χ0) is 25.2. The summed E-state index contributed by atoms with van der Waals surface area (Å²) in [4.78, 5) is 29.5. The molecule has 0 spiro atoms. The minimum atomic E-state index is -4.85. The summed E-state index contributed by atoms with van der Waals surface area (Å²) in [5, 5.41) is 10.5. The van der Waals surface area contributed by atoms with Crippen LogP contribution in [0.5, 0.6) is 17.4 Å². The van der Waals surface area contributed by atoms with Crippen LogP contribution in [0, 0.1) is 6.92 Å². The van der Waals surface area contributed by atoms with Crippen LogP contribution in [0.4, 0.5) is 13.2 Å². The first-order valence-corrected chi connectivity index (χ1v) is 10.2. The molecule has 2 heterocycles. The Morgan fingerprint density at radius 1 is 1.03 bits per heavy atom. The van der Waals surface area contributed by atoms with Gasteiger partial charge in [-0.25, -0.2) is 19.1 Å². The number of halogens is 3. The quantitative estimate of drug-likeness (QED) is 0.325. The summed E-state index contributed by atoms with van der Waals surface area (Å²) >= 11 is 0. The van der Waals surface area contributed by atoms with Gasteiger partial charge in [-0.3, -0.25) is 4.57 Å². The normalized spacial score (nSPS) is 11.3. The maximum absolute atomic E-state index is 13.0. The van der Waals surface area contributed by atoms with Gasteiger partial charge in [-0.05, 0) is 61.0 Å². The highest BCUT2D eigenvalue weighted by Gasteiger charge is 2.31. The van der Waals surface area contributed by atoms with E-state index >= 15 is 0 Å². The third-order valence-corrected chi connectivity index (χ3v) is 5.02. The van der Waals surface area contributed by atoms with E-state index in [1.54, 1.807) is 36.4 Å². The van der Waals surface area contributed by atoms with Crippen LogP contribution in [0.15, 0.2) is 77.7 Å². The molecule has 4 rings (SSSR count). The number of ether oxygens (including phenoxy) is 2. The predicted octanol–water partition coefficient (Wildman–Crippen LogP) is 4.21. The number of hydrogen-bond donors (Lipinski definition) is 1. The first-order valence-electron chi connectivity index (χ1n) is 10.2. The summed E-state index contributed by atoms with van der Waals surface area (Å²) in [6.45, 7) is 1.51. The van der Waals surface area contributed by atoms with E-state index in [0.717, 1.165) is 16.7 Å². The highest BCUT2D eigenvalue weighted by atomic mass is 19.4. The van der Waals surface area contributed by atoms with Crippen LogP contribution >= 0.6 is 0 Å². The van der Waals surface area contributed by atoms with Gasteiger partial charge in [0.25, 0.3) is 0 Å². The van der Waals surface area contributed by atoms with E-state index in [-0.39, 0.29) is 29.5 Å². The monoisotopic (exact) mass is 485 g/mol. The van der Waals surface area contributed by atoms with Crippen LogP contribution in [-0.2, 0) is 6.54 Å². The van der Waals surface area contributed by atoms with Crippen molar-refractivity contribution in [1.82, 2.24) is 14.1 Å². The summed E-state index contributed by atoms with van der Waals surface area (Å²) in [7, 11) is 0. The lowest BCUT2D eigenvalue weighted by molar-refractivity contribution is -0.274. The van der Waals surface area contributed by atoms with Gasteiger partial charge in [-0.2, -0.15) is 0 Å². The van der Waals surface area contributed by atoms with E-state index < -0.39 is 23.8 Å². The van der Waals surface area contributed by atoms with E-state index in [1.807, 2.05) is 0 Å². The Balaban J connectivity index is 1.58. The average molecular weight is 485 g/mol. The number of pyridine rings is 1. The molecule has 0 saturated heterocycles. The van der Waals surface area contributed by atoms with Crippen molar-refractivity contribution in [3.63, 3.8) is 0 Å². The molecule has 0 radical (unpaired) electrons. The smallest absolute Gasteiger partial charge is 0.493 e. The topological polar surface area (TPSA) is 95.6 Å². The number of aromatic nitrogens is 3. The molecule has 0 saturated carbocycles. The van der Waals surface area contributed by atoms with Crippen LogP contribution in [0.3, 0.4) is 0 Å². The highest BCUT2D eigenvalue weighted by Crippen LogP contribution is 2.26. The summed E-state index contributed by atoms with van der Waals surface area (Å²) in [6.07, 6.45) is -3.45. The summed E-state index contributed by atoms with van der Waals surface area (Å²) in [5.41, 5.74) is 0.300. The number of alkyl halides is 3. The van der Waals surface area contributed by atoms with Gasteiger partial charge >= 0.3 is 18.0 Å². The Kier molecular flexibility index (Phi) is 6.32. The molecule has 0 aliphatic heterocycles. The van der Waals surface area contributed by atoms with E-state index in [0.29, 0.717) is 11.3 Å². The number of carbonyl (C=O) groups is 1. The Labute approximate surface area is 196 Å². The molecular weight excluding hydrogens is 467 g/mol. The lowest BCUT2D eigenvalue weighted by atomic mass is 10.2. The number of para-hydroxylation sites is 1. The maximum Gasteiger partial charge on any atom is 0.573 e. The van der Waals surface area contributed by atoms with Crippen molar-refractivity contribution in [3.05, 3.63) is 100 Å². The molecule has 35 heavy (non-hydrogen) atoms. The van der Waals surface area contributed by atoms with Crippen LogP contribution < -0.4 is 15.2 Å². The molecule has 0 atom stereocenters. The van der Waals surface area contributed by atoms with Crippen LogP contribution in [0.1, 0.15) is 21.7 Å². The number of carbonyl (C=O) groups excluding carboxylic acids is 1. The van der Waals surface area contributed by atoms with Gasteiger partial charge in [0.2, 0.25) is 5.88 Å². The second-order valence-electron chi connectivity index (χ2n) is 7.41. The largest absolute Gasteiger partial charge is 0.573 e. The molecule has 0 amide bonds. The molecule has 0 aliphatic rings. The number of imidazole rings is 1. The molecule has 4 aromatic rings. The Bertz CT molecular complexity index is 1410. The summed E-state index contributed by atoms with van der Waals surface area (Å²) in [5.74, 6) is -1.16. The maximum atomic E-state index is 13.0. The number of hydrogen-bond acceptors (Lipinski definition) is 6. The molecule has 1 N–H and O–H groups in total. The fourth-order valence-electron chi connectivity index (χ4n) is 3.37. The molecule has 2 aromatic carbocycles. The first kappa shape index (κ1) is 23.6. The predicted molar refractivity (Wildman–Crippen MR) is 118 cm³/mol. The van der Waals surface area contributed by atoms with Crippen molar-refractivity contribution in [1.29, 1.82) is 0 Å². The molecule has 0 aliphatic carbocycles. The van der Waals surface area contributed by atoms with Crippen molar-refractivity contribution in [3.8, 4) is 23.1 Å². The second-order valence-corrected chi connectivity index (χ2v) is 7.41. The van der Waals surface area contributed by atoms with Gasteiger partial charge in [0.15, 0.2) is 0 Å². The van der Waals surface area contributed by atoms with Crippen molar-refractivity contribution in [2.75, 3.05) is 0 Å². The molecule has 180 valence electrons. The molecule has 2 aromatic heterocycles. The van der Waals surface area contributed by atoms with E-state index in [4.69, 9.17) is 4.74 Å². The van der Waals surface area contributed by atoms with Crippen LogP contribution in [0.2, 0.25) is 0 Å². The third kappa shape index (κ3) is 5.35. The third-order valence-electron chi connectivity index (χ3n) is 5.02. The Morgan fingerprint density at radius 3 is 2.37 bits per heavy atom. The highest BCUT2D eigenvalue weighted by molar-refractivity contribution is 5.89. The lowest BCUT2D eigenvalue weighted by Crippen LogP contribution is -2.24. The lowest BCUT2D eigenvalue weighted by Gasteiger charge is -2.09. The van der Waals surface area contributed by atoms with Crippen LogP contribution in [-0.4, -0.2) is 31.6 Å². The number of esters is 1. The van der Waals surface area contributed by atoms with Gasteiger partial charge < -0.3 is 14.6 Å². The SMILES string of the molecule is Cc1c(O)n(-c2ccc(OC(F)(F)F)cc2)c(=O)n1Cc1ccnc(C(=O)Oc2ccccc2)c1. The van der Waals surface area contributed by atoms with Crippen molar-refractivity contribution in [2.45, 2.75) is 19.8 Å². The van der Waals surface area contributed by atoms with E-state index in [1.165, 1.54) is 35.9 Å². The molecule has 0 unspecified atom stereocenters. The van der Waals surface area contributed by atoms with Gasteiger partial charge in [0.1, 0.15) is 17.2 Å². The van der Waals surface area contributed by atoms with Gasteiger partial charge in [-0.1, -0.05) is 18.2 Å². The average Bonchev–Trinajstić information content (AvgIpc) is 3.03. The number of nitrogens with zero attached hydrogens (tertiary/aromatic N) is 3. The van der Waals surface area contributed by atoms with Crippen molar-refractivity contribution in [2.24, 2.45) is 0 Å². The molecule has 0 fully saturated rings. The number of benzene rings is 2. The van der Waals surface area contributed by atoms with E-state index in [9.17, 15) is 27.9 Å². The fraction of sp³-hybridized carbons (Fsp3) is 0.125. The standard InChI is InChI=1S/C24H18F3N3O5/c1-15-21(31)30(17-7-9-19(10-8-17)35-24(25,26)27)23(33)29(15)14-16-11-12-28-20(13-16)22(32)34-18-5-3-2-4-6-18/h2-13,31H,14H2,1H3. The fourth-order valence-corrected chi connectivity index (χ4v) is 3.37. The van der Waals surface area contributed by atoms with Crippen molar-refractivity contribution < 1.29 is 32.5 Å². The van der Waals surface area contributed by atoms with Gasteiger partial charge in [0, 0.05) is 6.20 Å². The molecule has 11 heteroatoms. The summed E-state index contributed by atoms with van der Waals surface area (Å²) < 4.78 is 48.5. The van der Waals surface area contributed by atoms with Gasteiger partial charge in [0.05, 0.1) is 17.9 Å².